The summed E-state index contributed by atoms with van der Waals surface area (Å²) >= 11 is 0. The minimum absolute atomic E-state index is 0.103. The third-order valence-electron chi connectivity index (χ3n) is 4.18. The highest BCUT2D eigenvalue weighted by Crippen LogP contribution is 2.56. The Morgan fingerprint density at radius 1 is 1.35 bits per heavy atom. The molecule has 2 rings (SSSR count). The van der Waals surface area contributed by atoms with E-state index in [1.54, 1.807) is 0 Å². The Bertz CT molecular complexity index is 448. The van der Waals surface area contributed by atoms with Crippen LogP contribution in [-0.2, 0) is 4.43 Å². The molecule has 1 aliphatic rings. The molecule has 0 aromatic heterocycles. The summed E-state index contributed by atoms with van der Waals surface area (Å²) in [6.45, 7) is 13.0. The van der Waals surface area contributed by atoms with Gasteiger partial charge in [-0.3, -0.25) is 0 Å². The summed E-state index contributed by atoms with van der Waals surface area (Å²) in [5, 5.41) is 0. The van der Waals surface area contributed by atoms with E-state index in [9.17, 15) is 0 Å². The second kappa shape index (κ2) is 5.86. The van der Waals surface area contributed by atoms with Gasteiger partial charge in [-0.15, -0.1) is 6.58 Å². The second-order valence-electron chi connectivity index (χ2n) is 7.22. The molecule has 3 atom stereocenters. The number of hydrogen-bond acceptors (Lipinski definition) is 1. The zero-order valence-corrected chi connectivity index (χ0v) is 14.4. The van der Waals surface area contributed by atoms with Gasteiger partial charge < -0.3 is 4.43 Å². The molecule has 0 spiro atoms. The summed E-state index contributed by atoms with van der Waals surface area (Å²) in [4.78, 5) is 0. The molecule has 0 aliphatic heterocycles. The lowest BCUT2D eigenvalue weighted by atomic mass is 9.88. The fourth-order valence-corrected chi connectivity index (χ4v) is 4.99. The van der Waals surface area contributed by atoms with Crippen LogP contribution in [0.3, 0.4) is 0 Å². The molecule has 1 fully saturated rings. The highest BCUT2D eigenvalue weighted by atomic mass is 28.4. The number of benzene rings is 1. The maximum atomic E-state index is 6.44. The quantitative estimate of drug-likeness (QED) is 0.484. The third kappa shape index (κ3) is 3.83. The van der Waals surface area contributed by atoms with Crippen molar-refractivity contribution in [2.75, 3.05) is 0 Å². The SMILES string of the molecule is C=CCCC(c1ccccc1)C1CC1(C)O[Si](C)(C)C. The van der Waals surface area contributed by atoms with Crippen LogP contribution in [0.5, 0.6) is 0 Å². The molecular formula is C18H28OSi. The first-order valence-corrected chi connectivity index (χ1v) is 11.1. The van der Waals surface area contributed by atoms with Crippen LogP contribution in [0.25, 0.3) is 0 Å². The highest BCUT2D eigenvalue weighted by Gasteiger charge is 2.56. The molecule has 0 heterocycles. The van der Waals surface area contributed by atoms with Crippen LogP contribution in [0.4, 0.5) is 0 Å². The van der Waals surface area contributed by atoms with Crippen LogP contribution in [-0.4, -0.2) is 13.9 Å². The topological polar surface area (TPSA) is 9.23 Å². The average molecular weight is 289 g/mol. The Kier molecular flexibility index (Phi) is 4.55. The van der Waals surface area contributed by atoms with Gasteiger partial charge in [-0.25, -0.2) is 0 Å². The summed E-state index contributed by atoms with van der Waals surface area (Å²) in [5.74, 6) is 1.27. The van der Waals surface area contributed by atoms with Crippen LogP contribution in [0, 0.1) is 5.92 Å². The van der Waals surface area contributed by atoms with Crippen LogP contribution in [0.15, 0.2) is 43.0 Å². The lowest BCUT2D eigenvalue weighted by Gasteiger charge is -2.27. The molecule has 2 heteroatoms. The minimum Gasteiger partial charge on any atom is -0.412 e. The van der Waals surface area contributed by atoms with E-state index < -0.39 is 8.32 Å². The van der Waals surface area contributed by atoms with Gasteiger partial charge in [0.2, 0.25) is 0 Å². The Morgan fingerprint density at radius 2 is 2.00 bits per heavy atom. The van der Waals surface area contributed by atoms with Crippen molar-refractivity contribution in [3.05, 3.63) is 48.6 Å². The Hall–Kier alpha value is -0.863. The van der Waals surface area contributed by atoms with E-state index in [1.165, 1.54) is 18.4 Å². The average Bonchev–Trinajstić information content (AvgIpc) is 2.99. The highest BCUT2D eigenvalue weighted by molar-refractivity contribution is 6.69. The first-order valence-electron chi connectivity index (χ1n) is 7.72. The van der Waals surface area contributed by atoms with Crippen LogP contribution < -0.4 is 0 Å². The zero-order chi connectivity index (χ0) is 14.8. The fourth-order valence-electron chi connectivity index (χ4n) is 3.36. The molecule has 1 aromatic rings. The molecule has 1 nitrogen and oxygen atoms in total. The molecule has 1 saturated carbocycles. The van der Waals surface area contributed by atoms with Gasteiger partial charge in [-0.2, -0.15) is 0 Å². The van der Waals surface area contributed by atoms with E-state index in [1.807, 2.05) is 6.08 Å². The van der Waals surface area contributed by atoms with Gasteiger partial charge >= 0.3 is 0 Å². The smallest absolute Gasteiger partial charge is 0.184 e. The third-order valence-corrected chi connectivity index (χ3v) is 5.26. The normalized spacial score (nSPS) is 27.1. The van der Waals surface area contributed by atoms with Crippen molar-refractivity contribution in [1.82, 2.24) is 0 Å². The number of allylic oxidation sites excluding steroid dienone is 1. The number of hydrogen-bond donors (Lipinski definition) is 0. The Labute approximate surface area is 125 Å². The van der Waals surface area contributed by atoms with E-state index in [0.29, 0.717) is 11.8 Å². The standard InChI is InChI=1S/C18H28OSi/c1-6-7-13-16(15-11-9-8-10-12-15)17-14-18(17,2)19-20(3,4)5/h6,8-12,16-17H,1,7,13-14H2,2-5H3. The van der Waals surface area contributed by atoms with Gasteiger partial charge in [0.1, 0.15) is 0 Å². The van der Waals surface area contributed by atoms with Crippen molar-refractivity contribution in [1.29, 1.82) is 0 Å². The predicted molar refractivity (Wildman–Crippen MR) is 89.6 cm³/mol. The molecule has 0 amide bonds. The molecule has 110 valence electrons. The summed E-state index contributed by atoms with van der Waals surface area (Å²) in [7, 11) is -1.47. The zero-order valence-electron chi connectivity index (χ0n) is 13.4. The summed E-state index contributed by atoms with van der Waals surface area (Å²) < 4.78 is 6.44. The lowest BCUT2D eigenvalue weighted by molar-refractivity contribution is 0.164. The monoisotopic (exact) mass is 288 g/mol. The van der Waals surface area contributed by atoms with Gasteiger partial charge in [0.15, 0.2) is 8.32 Å². The minimum atomic E-state index is -1.47. The first kappa shape index (κ1) is 15.5. The van der Waals surface area contributed by atoms with Crippen molar-refractivity contribution in [2.45, 2.75) is 57.3 Å². The van der Waals surface area contributed by atoms with Crippen molar-refractivity contribution in [2.24, 2.45) is 5.92 Å². The molecule has 0 saturated heterocycles. The van der Waals surface area contributed by atoms with Gasteiger partial charge in [-0.1, -0.05) is 36.4 Å². The second-order valence-corrected chi connectivity index (χ2v) is 11.6. The van der Waals surface area contributed by atoms with Crippen LogP contribution in [0.2, 0.25) is 19.6 Å². The molecule has 0 bridgehead atoms. The summed E-state index contributed by atoms with van der Waals surface area (Å²) in [6, 6.07) is 10.9. The van der Waals surface area contributed by atoms with Crippen molar-refractivity contribution in [3.63, 3.8) is 0 Å². The number of rotatable bonds is 7. The van der Waals surface area contributed by atoms with Crippen LogP contribution in [0.1, 0.15) is 37.7 Å². The van der Waals surface area contributed by atoms with E-state index in [2.05, 4.69) is 63.5 Å². The van der Waals surface area contributed by atoms with E-state index in [0.717, 1.165) is 6.42 Å². The molecule has 0 N–H and O–H groups in total. The summed E-state index contributed by atoms with van der Waals surface area (Å²) in [6.07, 6.45) is 5.50. The molecule has 1 aliphatic carbocycles. The fraction of sp³-hybridized carbons (Fsp3) is 0.556. The maximum absolute atomic E-state index is 6.44. The largest absolute Gasteiger partial charge is 0.412 e. The lowest BCUT2D eigenvalue weighted by Crippen LogP contribution is -2.33. The van der Waals surface area contributed by atoms with Crippen molar-refractivity contribution < 1.29 is 4.43 Å². The Balaban J connectivity index is 2.12. The Morgan fingerprint density at radius 3 is 2.55 bits per heavy atom. The van der Waals surface area contributed by atoms with Crippen molar-refractivity contribution in [3.8, 4) is 0 Å². The molecule has 1 aromatic carbocycles. The van der Waals surface area contributed by atoms with Gasteiger partial charge in [0, 0.05) is 0 Å². The van der Waals surface area contributed by atoms with Gasteiger partial charge in [-0.05, 0) is 63.2 Å². The molecule has 20 heavy (non-hydrogen) atoms. The van der Waals surface area contributed by atoms with Gasteiger partial charge in [0.25, 0.3) is 0 Å². The summed E-state index contributed by atoms with van der Waals surface area (Å²) in [5.41, 5.74) is 1.56. The van der Waals surface area contributed by atoms with E-state index in [-0.39, 0.29) is 5.60 Å². The van der Waals surface area contributed by atoms with E-state index >= 15 is 0 Å². The maximum Gasteiger partial charge on any atom is 0.184 e. The van der Waals surface area contributed by atoms with Crippen molar-refractivity contribution >= 4 is 8.32 Å². The molecule has 3 unspecified atom stereocenters. The van der Waals surface area contributed by atoms with Crippen LogP contribution >= 0.6 is 0 Å². The first-order chi connectivity index (χ1) is 9.36. The van der Waals surface area contributed by atoms with Gasteiger partial charge in [0.05, 0.1) is 5.60 Å². The predicted octanol–water partition coefficient (Wildman–Crippen LogP) is 5.37. The molecular weight excluding hydrogens is 260 g/mol. The van der Waals surface area contributed by atoms with E-state index in [4.69, 9.17) is 4.43 Å². The molecule has 0 radical (unpaired) electrons.